The zero-order chi connectivity index (χ0) is 23.0. The minimum absolute atomic E-state index is 0.108. The van der Waals surface area contributed by atoms with E-state index in [2.05, 4.69) is 32.0 Å². The van der Waals surface area contributed by atoms with Crippen LogP contribution in [0.3, 0.4) is 0 Å². The number of methoxy groups -OCH3 is 1. The summed E-state index contributed by atoms with van der Waals surface area (Å²) in [6, 6.07) is 14.3. The van der Waals surface area contributed by atoms with E-state index >= 15 is 0 Å². The average molecular weight is 461 g/mol. The van der Waals surface area contributed by atoms with Crippen molar-refractivity contribution in [3.63, 3.8) is 0 Å². The highest BCUT2D eigenvalue weighted by atomic mass is 32.2. The topological polar surface area (TPSA) is 91.0 Å². The molecule has 9 heteroatoms. The molecule has 0 radical (unpaired) electrons. The molecule has 174 valence electrons. The molecule has 1 amide bonds. The Balaban J connectivity index is 1.39. The number of nitrogens with zero attached hydrogens (tertiary/aromatic N) is 2. The summed E-state index contributed by atoms with van der Waals surface area (Å²) in [6.07, 6.45) is 1.12. The Kier molecular flexibility index (Phi) is 8.49. The van der Waals surface area contributed by atoms with Crippen LogP contribution >= 0.6 is 0 Å². The van der Waals surface area contributed by atoms with Gasteiger partial charge in [0.1, 0.15) is 5.75 Å². The van der Waals surface area contributed by atoms with Crippen LogP contribution in [0.1, 0.15) is 19.8 Å². The fourth-order valence-electron chi connectivity index (χ4n) is 3.58. The Morgan fingerprint density at radius 2 is 1.66 bits per heavy atom. The molecule has 32 heavy (non-hydrogen) atoms. The van der Waals surface area contributed by atoms with E-state index in [0.717, 1.165) is 44.9 Å². The van der Waals surface area contributed by atoms with Gasteiger partial charge in [-0.25, -0.2) is 13.1 Å². The summed E-state index contributed by atoms with van der Waals surface area (Å²) in [5, 5.41) is 2.71. The smallest absolute Gasteiger partial charge is 0.240 e. The molecule has 8 nitrogen and oxygen atoms in total. The van der Waals surface area contributed by atoms with Crippen molar-refractivity contribution in [3.05, 3.63) is 48.5 Å². The SMILES string of the molecule is CCC(=O)Nc1ccc(S(=O)(=O)NCCCN2CCN(c3ccc(OC)cc3)CC2)cc1. The van der Waals surface area contributed by atoms with Crippen LogP contribution in [0.4, 0.5) is 11.4 Å². The quantitative estimate of drug-likeness (QED) is 0.530. The largest absolute Gasteiger partial charge is 0.497 e. The number of benzene rings is 2. The van der Waals surface area contributed by atoms with Gasteiger partial charge in [0.05, 0.1) is 12.0 Å². The van der Waals surface area contributed by atoms with Gasteiger partial charge in [-0.2, -0.15) is 0 Å². The number of carbonyl (C=O) groups is 1. The number of rotatable bonds is 10. The Bertz CT molecular complexity index is 970. The summed E-state index contributed by atoms with van der Waals surface area (Å²) in [6.45, 7) is 6.78. The first kappa shape index (κ1) is 24.0. The van der Waals surface area contributed by atoms with Crippen molar-refractivity contribution < 1.29 is 17.9 Å². The number of anilines is 2. The molecule has 0 saturated carbocycles. The third-order valence-electron chi connectivity index (χ3n) is 5.52. The minimum atomic E-state index is -3.56. The molecule has 0 unspecified atom stereocenters. The van der Waals surface area contributed by atoms with Gasteiger partial charge in [0.2, 0.25) is 15.9 Å². The number of sulfonamides is 1. The zero-order valence-corrected chi connectivity index (χ0v) is 19.5. The lowest BCUT2D eigenvalue weighted by molar-refractivity contribution is -0.115. The Hall–Kier alpha value is -2.62. The number of hydrogen-bond acceptors (Lipinski definition) is 6. The number of amides is 1. The predicted molar refractivity (Wildman–Crippen MR) is 127 cm³/mol. The van der Waals surface area contributed by atoms with Gasteiger partial charge in [0, 0.05) is 50.5 Å². The summed E-state index contributed by atoms with van der Waals surface area (Å²) in [5.41, 5.74) is 1.78. The molecule has 1 fully saturated rings. The normalized spacial score (nSPS) is 14.9. The minimum Gasteiger partial charge on any atom is -0.497 e. The van der Waals surface area contributed by atoms with Crippen molar-refractivity contribution in [3.8, 4) is 5.75 Å². The van der Waals surface area contributed by atoms with Gasteiger partial charge in [0.15, 0.2) is 0 Å². The first-order valence-corrected chi connectivity index (χ1v) is 12.4. The summed E-state index contributed by atoms with van der Waals surface area (Å²) in [7, 11) is -1.90. The predicted octanol–water partition coefficient (Wildman–Crippen LogP) is 2.53. The summed E-state index contributed by atoms with van der Waals surface area (Å²) >= 11 is 0. The van der Waals surface area contributed by atoms with E-state index in [1.165, 1.54) is 17.8 Å². The van der Waals surface area contributed by atoms with Gasteiger partial charge in [0.25, 0.3) is 0 Å². The van der Waals surface area contributed by atoms with Crippen molar-refractivity contribution in [1.82, 2.24) is 9.62 Å². The molecule has 2 aromatic carbocycles. The Morgan fingerprint density at radius 1 is 1.00 bits per heavy atom. The average Bonchev–Trinajstić information content (AvgIpc) is 2.82. The number of hydrogen-bond donors (Lipinski definition) is 2. The number of nitrogens with one attached hydrogen (secondary N) is 2. The summed E-state index contributed by atoms with van der Waals surface area (Å²) < 4.78 is 32.9. The van der Waals surface area contributed by atoms with Crippen LogP contribution < -0.4 is 19.7 Å². The number of carbonyl (C=O) groups excluding carboxylic acids is 1. The summed E-state index contributed by atoms with van der Waals surface area (Å²) in [4.78, 5) is 16.3. The van der Waals surface area contributed by atoms with E-state index < -0.39 is 10.0 Å². The first-order valence-electron chi connectivity index (χ1n) is 10.9. The third-order valence-corrected chi connectivity index (χ3v) is 7.00. The molecule has 1 saturated heterocycles. The van der Waals surface area contributed by atoms with Gasteiger partial charge in [-0.15, -0.1) is 0 Å². The van der Waals surface area contributed by atoms with Gasteiger partial charge in [-0.3, -0.25) is 9.69 Å². The molecule has 0 aliphatic carbocycles. The van der Waals surface area contributed by atoms with Gasteiger partial charge in [-0.1, -0.05) is 6.92 Å². The van der Waals surface area contributed by atoms with Crippen molar-refractivity contribution in [2.75, 3.05) is 56.6 Å². The highest BCUT2D eigenvalue weighted by Crippen LogP contribution is 2.20. The molecule has 0 atom stereocenters. The second-order valence-corrected chi connectivity index (χ2v) is 9.47. The van der Waals surface area contributed by atoms with E-state index in [-0.39, 0.29) is 10.8 Å². The molecular formula is C23H32N4O4S. The molecule has 0 aromatic heterocycles. The zero-order valence-electron chi connectivity index (χ0n) is 18.7. The summed E-state index contributed by atoms with van der Waals surface area (Å²) in [5.74, 6) is 0.748. The molecule has 0 bridgehead atoms. The van der Waals surface area contributed by atoms with E-state index in [1.807, 2.05) is 12.1 Å². The van der Waals surface area contributed by atoms with Crippen LogP contribution in [-0.2, 0) is 14.8 Å². The van der Waals surface area contributed by atoms with Gasteiger partial charge >= 0.3 is 0 Å². The maximum absolute atomic E-state index is 12.5. The highest BCUT2D eigenvalue weighted by Gasteiger charge is 2.18. The highest BCUT2D eigenvalue weighted by molar-refractivity contribution is 7.89. The number of piperazine rings is 1. The molecule has 2 N–H and O–H groups in total. The van der Waals surface area contributed by atoms with Crippen molar-refractivity contribution in [2.24, 2.45) is 0 Å². The van der Waals surface area contributed by atoms with Gasteiger partial charge < -0.3 is 15.0 Å². The molecule has 0 spiro atoms. The standard InChI is InChI=1S/C23H32N4O4S/c1-3-23(28)25-19-5-11-22(12-6-19)32(29,30)24-13-4-14-26-15-17-27(18-16-26)20-7-9-21(31-2)10-8-20/h5-12,24H,3-4,13-18H2,1-2H3,(H,25,28). The van der Waals surface area contributed by atoms with E-state index in [9.17, 15) is 13.2 Å². The third kappa shape index (κ3) is 6.69. The van der Waals surface area contributed by atoms with E-state index in [4.69, 9.17) is 4.74 Å². The van der Waals surface area contributed by atoms with Crippen molar-refractivity contribution >= 4 is 27.3 Å². The first-order chi connectivity index (χ1) is 15.4. The van der Waals surface area contributed by atoms with E-state index in [0.29, 0.717) is 18.7 Å². The molecule has 3 rings (SSSR count). The maximum atomic E-state index is 12.5. The van der Waals surface area contributed by atoms with Crippen molar-refractivity contribution in [1.29, 1.82) is 0 Å². The monoisotopic (exact) mass is 460 g/mol. The molecule has 1 aliphatic heterocycles. The molecule has 1 aliphatic rings. The lowest BCUT2D eigenvalue weighted by Gasteiger charge is -2.36. The lowest BCUT2D eigenvalue weighted by atomic mass is 10.2. The van der Waals surface area contributed by atoms with Crippen LogP contribution in [0.15, 0.2) is 53.4 Å². The lowest BCUT2D eigenvalue weighted by Crippen LogP contribution is -2.47. The Morgan fingerprint density at radius 3 is 2.25 bits per heavy atom. The Labute approximate surface area is 190 Å². The van der Waals surface area contributed by atoms with Crippen molar-refractivity contribution in [2.45, 2.75) is 24.7 Å². The van der Waals surface area contributed by atoms with Crippen LogP contribution in [0, 0.1) is 0 Å². The van der Waals surface area contributed by atoms with Crippen LogP contribution in [0.25, 0.3) is 0 Å². The number of ether oxygens (including phenoxy) is 1. The van der Waals surface area contributed by atoms with E-state index in [1.54, 1.807) is 26.2 Å². The fourth-order valence-corrected chi connectivity index (χ4v) is 4.66. The molecule has 2 aromatic rings. The van der Waals surface area contributed by atoms with Crippen LogP contribution in [-0.4, -0.2) is 65.6 Å². The molecular weight excluding hydrogens is 428 g/mol. The second-order valence-electron chi connectivity index (χ2n) is 7.70. The fraction of sp³-hybridized carbons (Fsp3) is 0.435. The van der Waals surface area contributed by atoms with Crippen LogP contribution in [0.5, 0.6) is 5.75 Å². The van der Waals surface area contributed by atoms with Gasteiger partial charge in [-0.05, 0) is 61.5 Å². The second kappa shape index (κ2) is 11.3. The molecule has 1 heterocycles. The van der Waals surface area contributed by atoms with Crippen LogP contribution in [0.2, 0.25) is 0 Å². The maximum Gasteiger partial charge on any atom is 0.240 e.